The lowest BCUT2D eigenvalue weighted by Crippen LogP contribution is -2.27. The highest BCUT2D eigenvalue weighted by atomic mass is 31.2. The molecule has 2 rings (SSSR count). The smallest absolute Gasteiger partial charge is 0.396 e. The van der Waals surface area contributed by atoms with Gasteiger partial charge >= 0.3 is 7.82 Å². The van der Waals surface area contributed by atoms with E-state index < -0.39 is 7.82 Å². The number of aliphatic hydroxyl groups excluding tert-OH is 1. The molecule has 2 bridgehead atoms. The molecule has 2 aliphatic rings. The number of phosphoric acid groups is 1. The maximum Gasteiger partial charge on any atom is 0.475 e. The quantitative estimate of drug-likeness (QED) is 0.560. The maximum atomic E-state index is 11.8. The topological polar surface area (TPSA) is 65.0 Å². The van der Waals surface area contributed by atoms with Crippen molar-refractivity contribution in [3.8, 4) is 0 Å². The summed E-state index contributed by atoms with van der Waals surface area (Å²) in [6, 6.07) is 0. The summed E-state index contributed by atoms with van der Waals surface area (Å²) in [6.07, 6.45) is 4.22. The van der Waals surface area contributed by atoms with Crippen LogP contribution in [0.25, 0.3) is 0 Å². The monoisotopic (exact) mass is 220 g/mol. The van der Waals surface area contributed by atoms with Gasteiger partial charge in [0.15, 0.2) is 0 Å². The number of hydrogen-bond donors (Lipinski definition) is 1. The van der Waals surface area contributed by atoms with Gasteiger partial charge in [-0.1, -0.05) is 12.2 Å². The fourth-order valence-electron chi connectivity index (χ4n) is 1.55. The summed E-state index contributed by atoms with van der Waals surface area (Å²) in [6.45, 7) is 0.265. The Hall–Kier alpha value is -0.190. The molecule has 1 N–H and O–H groups in total. The van der Waals surface area contributed by atoms with Crippen LogP contribution in [-0.2, 0) is 18.1 Å². The van der Waals surface area contributed by atoms with Gasteiger partial charge in [0.1, 0.15) is 0 Å². The van der Waals surface area contributed by atoms with Crippen molar-refractivity contribution in [2.24, 2.45) is 0 Å². The molecular formula is C8H13O5P. The van der Waals surface area contributed by atoms with Gasteiger partial charge in [-0.05, 0) is 6.42 Å². The first-order chi connectivity index (χ1) is 6.72. The Balaban J connectivity index is 2.10. The molecule has 0 radical (unpaired) electrons. The molecular weight excluding hydrogens is 207 g/mol. The van der Waals surface area contributed by atoms with Crippen molar-refractivity contribution >= 4 is 7.82 Å². The van der Waals surface area contributed by atoms with Crippen molar-refractivity contribution in [3.05, 3.63) is 12.2 Å². The average Bonchev–Trinajstić information content (AvgIpc) is 2.24. The highest BCUT2D eigenvalue weighted by molar-refractivity contribution is 7.48. The molecule has 80 valence electrons. The number of rotatable bonds is 2. The van der Waals surface area contributed by atoms with Gasteiger partial charge in [-0.2, -0.15) is 0 Å². The first-order valence-corrected chi connectivity index (χ1v) is 6.07. The molecule has 1 fully saturated rings. The molecule has 0 aromatic rings. The number of fused-ring (bicyclic) bond motifs is 2. The lowest BCUT2D eigenvalue weighted by molar-refractivity contribution is 0.00409. The van der Waals surface area contributed by atoms with E-state index in [1.54, 1.807) is 6.08 Å². The van der Waals surface area contributed by atoms with Crippen LogP contribution in [0.1, 0.15) is 12.8 Å². The van der Waals surface area contributed by atoms with Crippen molar-refractivity contribution in [1.29, 1.82) is 0 Å². The number of aliphatic hydroxyl groups is 1. The molecule has 0 aliphatic carbocycles. The van der Waals surface area contributed by atoms with Gasteiger partial charge < -0.3 is 5.11 Å². The van der Waals surface area contributed by atoms with E-state index in [2.05, 4.69) is 0 Å². The Morgan fingerprint density at radius 2 is 2.36 bits per heavy atom. The number of phosphoric ester groups is 1. The van der Waals surface area contributed by atoms with Gasteiger partial charge in [0.25, 0.3) is 0 Å². The van der Waals surface area contributed by atoms with E-state index in [1.807, 2.05) is 6.08 Å². The van der Waals surface area contributed by atoms with Crippen LogP contribution in [0.3, 0.4) is 0 Å². The van der Waals surface area contributed by atoms with Crippen LogP contribution in [0.5, 0.6) is 0 Å². The van der Waals surface area contributed by atoms with Gasteiger partial charge in [0, 0.05) is 13.0 Å². The van der Waals surface area contributed by atoms with Crippen LogP contribution in [0.15, 0.2) is 12.2 Å². The molecule has 1 saturated heterocycles. The van der Waals surface area contributed by atoms with E-state index in [9.17, 15) is 4.57 Å². The van der Waals surface area contributed by atoms with Crippen molar-refractivity contribution < 1.29 is 23.2 Å². The second-order valence-electron chi connectivity index (χ2n) is 3.29. The largest absolute Gasteiger partial charge is 0.475 e. The third kappa shape index (κ3) is 2.24. The molecule has 14 heavy (non-hydrogen) atoms. The zero-order chi connectivity index (χ0) is 10.0. The zero-order valence-electron chi connectivity index (χ0n) is 7.67. The highest BCUT2D eigenvalue weighted by Crippen LogP contribution is 2.56. The van der Waals surface area contributed by atoms with Crippen LogP contribution < -0.4 is 0 Å². The fourth-order valence-corrected chi connectivity index (χ4v) is 3.03. The van der Waals surface area contributed by atoms with E-state index in [4.69, 9.17) is 18.7 Å². The summed E-state index contributed by atoms with van der Waals surface area (Å²) in [5.41, 5.74) is 0. The Labute approximate surface area is 82.3 Å². The Morgan fingerprint density at radius 1 is 1.50 bits per heavy atom. The van der Waals surface area contributed by atoms with Crippen LogP contribution in [0.4, 0.5) is 0 Å². The predicted molar refractivity (Wildman–Crippen MR) is 48.8 cm³/mol. The molecule has 0 spiro atoms. The summed E-state index contributed by atoms with van der Waals surface area (Å²) < 4.78 is 27.1. The third-order valence-electron chi connectivity index (χ3n) is 2.17. The second kappa shape index (κ2) is 4.13. The van der Waals surface area contributed by atoms with Gasteiger partial charge in [-0.15, -0.1) is 0 Å². The Bertz CT molecular complexity index is 277. The molecule has 3 atom stereocenters. The minimum absolute atomic E-state index is 0.0150. The van der Waals surface area contributed by atoms with Crippen molar-refractivity contribution in [2.45, 2.75) is 25.0 Å². The molecule has 2 aliphatic heterocycles. The Morgan fingerprint density at radius 3 is 3.14 bits per heavy atom. The predicted octanol–water partition coefficient (Wildman–Crippen LogP) is 1.24. The minimum Gasteiger partial charge on any atom is -0.396 e. The molecule has 0 unspecified atom stereocenters. The standard InChI is InChI=1S/C8H13O5P/c9-4-3-8-6-7-2-1-5-11-14(10,12-7)13-8/h1-2,7-9H,3-6H2/t7-,8-,14+/m0/s1. The summed E-state index contributed by atoms with van der Waals surface area (Å²) >= 11 is 0. The van der Waals surface area contributed by atoms with Crippen LogP contribution in [0, 0.1) is 0 Å². The summed E-state index contributed by atoms with van der Waals surface area (Å²) in [7, 11) is -3.37. The number of hydrogen-bond acceptors (Lipinski definition) is 5. The van der Waals surface area contributed by atoms with E-state index in [0.717, 1.165) is 0 Å². The van der Waals surface area contributed by atoms with Gasteiger partial charge in [-0.3, -0.25) is 13.6 Å². The summed E-state index contributed by atoms with van der Waals surface area (Å²) in [5, 5.41) is 8.77. The van der Waals surface area contributed by atoms with E-state index in [0.29, 0.717) is 12.8 Å². The van der Waals surface area contributed by atoms with Gasteiger partial charge in [0.2, 0.25) is 0 Å². The van der Waals surface area contributed by atoms with Crippen molar-refractivity contribution in [1.82, 2.24) is 0 Å². The summed E-state index contributed by atoms with van der Waals surface area (Å²) in [5.74, 6) is 0. The SMILES string of the molecule is O=[P@]12OCC=C[C@@H](C[C@H](CCO)O1)O2. The van der Waals surface area contributed by atoms with Crippen LogP contribution in [-0.4, -0.2) is 30.5 Å². The van der Waals surface area contributed by atoms with E-state index in [1.165, 1.54) is 0 Å². The van der Waals surface area contributed by atoms with Gasteiger partial charge in [0.05, 0.1) is 18.8 Å². The van der Waals surface area contributed by atoms with Gasteiger partial charge in [-0.25, -0.2) is 4.57 Å². The molecule has 6 heteroatoms. The molecule has 0 aromatic carbocycles. The Kier molecular flexibility index (Phi) is 3.04. The molecule has 0 amide bonds. The third-order valence-corrected chi connectivity index (χ3v) is 3.72. The van der Waals surface area contributed by atoms with E-state index in [-0.39, 0.29) is 25.4 Å². The molecule has 0 aromatic heterocycles. The highest BCUT2D eigenvalue weighted by Gasteiger charge is 2.40. The first-order valence-electron chi connectivity index (χ1n) is 4.61. The normalized spacial score (nSPS) is 42.1. The summed E-state index contributed by atoms with van der Waals surface area (Å²) in [4.78, 5) is 0. The lowest BCUT2D eigenvalue weighted by Gasteiger charge is -2.31. The lowest BCUT2D eigenvalue weighted by atomic mass is 10.1. The molecule has 2 heterocycles. The van der Waals surface area contributed by atoms with Crippen molar-refractivity contribution in [2.75, 3.05) is 13.2 Å². The average molecular weight is 220 g/mol. The molecule has 0 saturated carbocycles. The second-order valence-corrected chi connectivity index (χ2v) is 4.86. The van der Waals surface area contributed by atoms with E-state index >= 15 is 0 Å². The molecule has 5 nitrogen and oxygen atoms in total. The van der Waals surface area contributed by atoms with Crippen LogP contribution >= 0.6 is 7.82 Å². The maximum absolute atomic E-state index is 11.8. The van der Waals surface area contributed by atoms with Crippen molar-refractivity contribution in [3.63, 3.8) is 0 Å². The fraction of sp³-hybridized carbons (Fsp3) is 0.750. The first kappa shape index (κ1) is 10.3. The van der Waals surface area contributed by atoms with Crippen LogP contribution in [0.2, 0.25) is 0 Å². The minimum atomic E-state index is -3.37. The zero-order valence-corrected chi connectivity index (χ0v) is 8.56.